The standard InChI is InChI=1S/C8H7BrClNO2/c9-5-2-7(12)4(1-6(5)10)8(13)3-11/h1-2,12H,3,11H2. The maximum Gasteiger partial charge on any atom is 0.180 e. The van der Waals surface area contributed by atoms with Gasteiger partial charge in [-0.2, -0.15) is 0 Å². The third kappa shape index (κ3) is 2.21. The molecule has 0 aliphatic heterocycles. The molecule has 0 aliphatic carbocycles. The molecule has 1 aromatic carbocycles. The Morgan fingerprint density at radius 1 is 1.62 bits per heavy atom. The van der Waals surface area contributed by atoms with Crippen molar-refractivity contribution in [3.8, 4) is 5.75 Å². The number of Topliss-reactive ketones (excluding diaryl/α,β-unsaturated/α-hetero) is 1. The lowest BCUT2D eigenvalue weighted by Crippen LogP contribution is -2.13. The summed E-state index contributed by atoms with van der Waals surface area (Å²) in [5.74, 6) is -0.460. The Morgan fingerprint density at radius 3 is 2.77 bits per heavy atom. The van der Waals surface area contributed by atoms with Gasteiger partial charge in [-0.15, -0.1) is 0 Å². The van der Waals surface area contributed by atoms with E-state index in [0.717, 1.165) is 0 Å². The van der Waals surface area contributed by atoms with Crippen molar-refractivity contribution in [2.45, 2.75) is 0 Å². The summed E-state index contributed by atoms with van der Waals surface area (Å²) in [4.78, 5) is 11.1. The highest BCUT2D eigenvalue weighted by molar-refractivity contribution is 9.10. The minimum Gasteiger partial charge on any atom is -0.507 e. The molecule has 0 fully saturated rings. The zero-order valence-electron chi connectivity index (χ0n) is 6.55. The van der Waals surface area contributed by atoms with Crippen molar-refractivity contribution in [1.29, 1.82) is 0 Å². The van der Waals surface area contributed by atoms with Crippen LogP contribution < -0.4 is 5.73 Å². The van der Waals surface area contributed by atoms with Crippen molar-refractivity contribution in [2.24, 2.45) is 5.73 Å². The number of benzene rings is 1. The SMILES string of the molecule is NCC(=O)c1cc(Cl)c(Br)cc1O. The van der Waals surface area contributed by atoms with Gasteiger partial charge in [0.25, 0.3) is 0 Å². The number of ketones is 1. The molecule has 0 heterocycles. The second-order valence-corrected chi connectivity index (χ2v) is 3.67. The molecular weight excluding hydrogens is 257 g/mol. The lowest BCUT2D eigenvalue weighted by molar-refractivity contribution is 0.0999. The predicted molar refractivity (Wildman–Crippen MR) is 54.2 cm³/mol. The first-order chi connectivity index (χ1) is 6.06. The van der Waals surface area contributed by atoms with Gasteiger partial charge in [0, 0.05) is 4.47 Å². The van der Waals surface area contributed by atoms with Gasteiger partial charge in [0.1, 0.15) is 5.75 Å². The number of hydrogen-bond acceptors (Lipinski definition) is 3. The second-order valence-electron chi connectivity index (χ2n) is 2.41. The molecule has 70 valence electrons. The van der Waals surface area contributed by atoms with E-state index in [1.54, 1.807) is 0 Å². The fourth-order valence-electron chi connectivity index (χ4n) is 0.870. The molecule has 13 heavy (non-hydrogen) atoms. The van der Waals surface area contributed by atoms with E-state index in [0.29, 0.717) is 9.50 Å². The highest BCUT2D eigenvalue weighted by Gasteiger charge is 2.11. The van der Waals surface area contributed by atoms with Crippen LogP contribution in [0, 0.1) is 0 Å². The van der Waals surface area contributed by atoms with Crippen LogP contribution in [0.3, 0.4) is 0 Å². The minimum absolute atomic E-state index is 0.119. The Balaban J connectivity index is 3.23. The smallest absolute Gasteiger partial charge is 0.180 e. The van der Waals surface area contributed by atoms with Crippen molar-refractivity contribution in [2.75, 3.05) is 6.54 Å². The molecular formula is C8H7BrClNO2. The van der Waals surface area contributed by atoms with E-state index in [1.807, 2.05) is 0 Å². The average Bonchev–Trinajstić information content (AvgIpc) is 2.10. The number of halogens is 2. The lowest BCUT2D eigenvalue weighted by Gasteiger charge is -2.03. The van der Waals surface area contributed by atoms with Crippen LogP contribution in [0.1, 0.15) is 10.4 Å². The Morgan fingerprint density at radius 2 is 2.23 bits per heavy atom. The fraction of sp³-hybridized carbons (Fsp3) is 0.125. The van der Waals surface area contributed by atoms with Crippen molar-refractivity contribution in [3.63, 3.8) is 0 Å². The number of hydrogen-bond donors (Lipinski definition) is 2. The molecule has 1 aromatic rings. The van der Waals surface area contributed by atoms with Crippen LogP contribution in [0.2, 0.25) is 5.02 Å². The molecule has 0 saturated heterocycles. The summed E-state index contributed by atoms with van der Waals surface area (Å²) in [6.07, 6.45) is 0. The molecule has 0 spiro atoms. The molecule has 0 bridgehead atoms. The van der Waals surface area contributed by atoms with Gasteiger partial charge in [0.05, 0.1) is 17.1 Å². The van der Waals surface area contributed by atoms with Gasteiger partial charge in [0.15, 0.2) is 5.78 Å². The number of phenolic OH excluding ortho intramolecular Hbond substituents is 1. The second kappa shape index (κ2) is 4.09. The summed E-state index contributed by atoms with van der Waals surface area (Å²) in [7, 11) is 0. The van der Waals surface area contributed by atoms with E-state index in [-0.39, 0.29) is 23.6 Å². The molecule has 3 nitrogen and oxygen atoms in total. The van der Waals surface area contributed by atoms with Crippen LogP contribution in [-0.4, -0.2) is 17.4 Å². The first-order valence-corrected chi connectivity index (χ1v) is 4.64. The average molecular weight is 265 g/mol. The van der Waals surface area contributed by atoms with Crippen LogP contribution in [-0.2, 0) is 0 Å². The van der Waals surface area contributed by atoms with E-state index in [4.69, 9.17) is 17.3 Å². The molecule has 0 aromatic heterocycles. The molecule has 0 amide bonds. The number of phenols is 1. The van der Waals surface area contributed by atoms with Crippen LogP contribution in [0.25, 0.3) is 0 Å². The van der Waals surface area contributed by atoms with Crippen molar-refractivity contribution >= 4 is 33.3 Å². The van der Waals surface area contributed by atoms with Gasteiger partial charge in [-0.3, -0.25) is 4.79 Å². The Kier molecular flexibility index (Phi) is 3.30. The molecule has 0 aliphatic rings. The van der Waals surface area contributed by atoms with Crippen molar-refractivity contribution in [1.82, 2.24) is 0 Å². The monoisotopic (exact) mass is 263 g/mol. The number of nitrogens with two attached hydrogens (primary N) is 1. The van der Waals surface area contributed by atoms with Gasteiger partial charge < -0.3 is 10.8 Å². The van der Waals surface area contributed by atoms with Crippen LogP contribution in [0.4, 0.5) is 0 Å². The summed E-state index contributed by atoms with van der Waals surface area (Å²) < 4.78 is 0.542. The lowest BCUT2D eigenvalue weighted by atomic mass is 10.1. The Hall–Kier alpha value is -0.580. The van der Waals surface area contributed by atoms with Gasteiger partial charge in [0.2, 0.25) is 0 Å². The van der Waals surface area contributed by atoms with Crippen LogP contribution in [0.15, 0.2) is 16.6 Å². The third-order valence-electron chi connectivity index (χ3n) is 1.52. The van der Waals surface area contributed by atoms with Gasteiger partial charge in [-0.25, -0.2) is 0 Å². The van der Waals surface area contributed by atoms with E-state index in [9.17, 15) is 9.90 Å². The Labute approximate surface area is 88.6 Å². The molecule has 3 N–H and O–H groups in total. The zero-order chi connectivity index (χ0) is 10.0. The highest BCUT2D eigenvalue weighted by Crippen LogP contribution is 2.30. The number of rotatable bonds is 2. The molecule has 0 saturated carbocycles. The molecule has 5 heteroatoms. The largest absolute Gasteiger partial charge is 0.507 e. The summed E-state index contributed by atoms with van der Waals surface area (Å²) in [6.45, 7) is -0.147. The predicted octanol–water partition coefficient (Wildman–Crippen LogP) is 1.95. The number of aromatic hydroxyl groups is 1. The fourth-order valence-corrected chi connectivity index (χ4v) is 1.36. The first-order valence-electron chi connectivity index (χ1n) is 3.47. The summed E-state index contributed by atoms with van der Waals surface area (Å²) >= 11 is 8.85. The van der Waals surface area contributed by atoms with E-state index < -0.39 is 0 Å². The van der Waals surface area contributed by atoms with E-state index in [2.05, 4.69) is 15.9 Å². The Bertz CT molecular complexity index is 354. The molecule has 0 unspecified atom stereocenters. The quantitative estimate of drug-likeness (QED) is 0.803. The maximum absolute atomic E-state index is 11.1. The summed E-state index contributed by atoms with van der Waals surface area (Å²) in [5, 5.41) is 9.72. The molecule has 1 rings (SSSR count). The zero-order valence-corrected chi connectivity index (χ0v) is 8.89. The normalized spacial score (nSPS) is 10.1. The maximum atomic E-state index is 11.1. The molecule has 0 atom stereocenters. The minimum atomic E-state index is -0.341. The van der Waals surface area contributed by atoms with Crippen LogP contribution >= 0.6 is 27.5 Å². The summed E-state index contributed by atoms with van der Waals surface area (Å²) in [5.41, 5.74) is 5.29. The van der Waals surface area contributed by atoms with Crippen molar-refractivity contribution < 1.29 is 9.90 Å². The number of carbonyl (C=O) groups is 1. The van der Waals surface area contributed by atoms with Crippen LogP contribution in [0.5, 0.6) is 5.75 Å². The highest BCUT2D eigenvalue weighted by atomic mass is 79.9. The van der Waals surface area contributed by atoms with E-state index >= 15 is 0 Å². The first kappa shape index (κ1) is 10.5. The topological polar surface area (TPSA) is 63.3 Å². The van der Waals surface area contributed by atoms with Crippen molar-refractivity contribution in [3.05, 3.63) is 27.2 Å². The van der Waals surface area contributed by atoms with Gasteiger partial charge >= 0.3 is 0 Å². The molecule has 0 radical (unpaired) electrons. The number of carbonyl (C=O) groups excluding carboxylic acids is 1. The van der Waals surface area contributed by atoms with E-state index in [1.165, 1.54) is 12.1 Å². The third-order valence-corrected chi connectivity index (χ3v) is 2.72. The van der Waals surface area contributed by atoms with Gasteiger partial charge in [-0.1, -0.05) is 11.6 Å². The van der Waals surface area contributed by atoms with Gasteiger partial charge in [-0.05, 0) is 28.1 Å². The summed E-state index contributed by atoms with van der Waals surface area (Å²) in [6, 6.07) is 2.75.